The van der Waals surface area contributed by atoms with E-state index in [-0.39, 0.29) is 12.4 Å². The maximum Gasteiger partial charge on any atom is 0.252 e. The Morgan fingerprint density at radius 2 is 1.69 bits per heavy atom. The monoisotopic (exact) mass is 432 g/mol. The van der Waals surface area contributed by atoms with Crippen molar-refractivity contribution in [3.8, 4) is 23.0 Å². The molecular weight excluding hydrogens is 408 g/mol. The summed E-state index contributed by atoms with van der Waals surface area (Å²) in [5.74, 6) is 2.64. The van der Waals surface area contributed by atoms with Gasteiger partial charge in [0.2, 0.25) is 6.79 Å². The molecule has 1 aliphatic heterocycles. The number of aryl methyl sites for hydroxylation is 2. The van der Waals surface area contributed by atoms with Crippen LogP contribution in [0, 0.1) is 6.92 Å². The average molecular weight is 432 g/mol. The van der Waals surface area contributed by atoms with Gasteiger partial charge in [0.25, 0.3) is 5.56 Å². The number of nitrogens with one attached hydrogen (secondary N) is 1. The molecule has 0 atom stereocenters. The maximum absolute atomic E-state index is 13.0. The van der Waals surface area contributed by atoms with Crippen molar-refractivity contribution in [1.29, 1.82) is 0 Å². The molecule has 0 unspecified atom stereocenters. The van der Waals surface area contributed by atoms with E-state index >= 15 is 0 Å². The summed E-state index contributed by atoms with van der Waals surface area (Å²) >= 11 is 0. The lowest BCUT2D eigenvalue weighted by molar-refractivity contribution is 0.174. The van der Waals surface area contributed by atoms with Crippen LogP contribution in [0.2, 0.25) is 0 Å². The number of benzene rings is 2. The number of hydrogen-bond acceptors (Lipinski definition) is 6. The fraction of sp³-hybridized carbons (Fsp3) is 0.280. The van der Waals surface area contributed by atoms with Crippen LogP contribution in [0.5, 0.6) is 23.0 Å². The zero-order valence-corrected chi connectivity index (χ0v) is 18.5. The highest BCUT2D eigenvalue weighted by Gasteiger charge is 2.19. The molecule has 0 radical (unpaired) electrons. The number of fused-ring (bicyclic) bond motifs is 3. The van der Waals surface area contributed by atoms with Gasteiger partial charge in [0, 0.05) is 40.2 Å². The van der Waals surface area contributed by atoms with Crippen LogP contribution in [0.3, 0.4) is 0 Å². The molecule has 0 saturated heterocycles. The molecule has 1 aliphatic rings. The number of aromatic amines is 1. The van der Waals surface area contributed by atoms with Gasteiger partial charge in [-0.2, -0.15) is 0 Å². The second-order valence-electron chi connectivity index (χ2n) is 7.83. The number of rotatable bonds is 5. The molecule has 0 saturated carbocycles. The van der Waals surface area contributed by atoms with E-state index in [2.05, 4.69) is 18.0 Å². The number of hydrogen-bond donors (Lipinski definition) is 1. The van der Waals surface area contributed by atoms with Crippen molar-refractivity contribution in [2.75, 3.05) is 21.0 Å². The van der Waals surface area contributed by atoms with Crippen LogP contribution in [-0.2, 0) is 12.8 Å². The molecule has 32 heavy (non-hydrogen) atoms. The molecular formula is C25H24N2O5. The maximum atomic E-state index is 13.0. The lowest BCUT2D eigenvalue weighted by Gasteiger charge is -2.15. The lowest BCUT2D eigenvalue weighted by Crippen LogP contribution is -2.16. The van der Waals surface area contributed by atoms with Crippen LogP contribution in [0.25, 0.3) is 21.7 Å². The van der Waals surface area contributed by atoms with Crippen LogP contribution in [-0.4, -0.2) is 31.0 Å². The Kier molecular flexibility index (Phi) is 4.89. The normalized spacial score (nSPS) is 12.5. The van der Waals surface area contributed by atoms with Crippen LogP contribution >= 0.6 is 0 Å². The summed E-state index contributed by atoms with van der Waals surface area (Å²) in [7, 11) is 3.20. The van der Waals surface area contributed by atoms with Crippen LogP contribution in [0.15, 0.2) is 35.1 Å². The third-order valence-electron chi connectivity index (χ3n) is 6.01. The Balaban J connectivity index is 1.70. The van der Waals surface area contributed by atoms with E-state index in [0.717, 1.165) is 45.0 Å². The van der Waals surface area contributed by atoms with Crippen molar-refractivity contribution in [3.05, 3.63) is 63.2 Å². The number of methoxy groups -OCH3 is 2. The van der Waals surface area contributed by atoms with Gasteiger partial charge in [0.05, 0.1) is 19.7 Å². The van der Waals surface area contributed by atoms with Crippen molar-refractivity contribution >= 4 is 21.7 Å². The smallest absolute Gasteiger partial charge is 0.252 e. The van der Waals surface area contributed by atoms with Gasteiger partial charge in [-0.25, -0.2) is 0 Å². The van der Waals surface area contributed by atoms with Gasteiger partial charge in [-0.15, -0.1) is 0 Å². The Labute approximate surface area is 184 Å². The first-order chi connectivity index (χ1) is 15.5. The molecule has 0 aliphatic carbocycles. The number of aromatic nitrogens is 2. The topological polar surface area (TPSA) is 82.7 Å². The largest absolute Gasteiger partial charge is 0.493 e. The standard InChI is InChI=1S/C25H24N2O5/c1-5-19-14(6-15-8-23-24(32-12-31-23)11-20(15)27-19)7-18-17-10-22(30-4)21(29-3)9-16(17)13(2)26-25(18)28/h6,8-11H,5,7,12H2,1-4H3,(H,26,28). The molecule has 4 aromatic rings. The number of nitrogens with zero attached hydrogens (tertiary/aromatic N) is 1. The van der Waals surface area contributed by atoms with Gasteiger partial charge < -0.3 is 23.9 Å². The molecule has 0 amide bonds. The molecule has 7 heteroatoms. The minimum absolute atomic E-state index is 0.116. The van der Waals surface area contributed by atoms with Crippen molar-refractivity contribution in [2.45, 2.75) is 26.7 Å². The summed E-state index contributed by atoms with van der Waals surface area (Å²) in [6.45, 7) is 4.17. The summed E-state index contributed by atoms with van der Waals surface area (Å²) in [4.78, 5) is 20.9. The van der Waals surface area contributed by atoms with Crippen molar-refractivity contribution in [3.63, 3.8) is 0 Å². The zero-order valence-electron chi connectivity index (χ0n) is 18.5. The molecule has 3 heterocycles. The van der Waals surface area contributed by atoms with Crippen LogP contribution < -0.4 is 24.5 Å². The van der Waals surface area contributed by atoms with Crippen molar-refractivity contribution < 1.29 is 18.9 Å². The SMILES string of the molecule is CCc1nc2cc3c(cc2cc1Cc1c(=O)[nH]c(C)c2cc(OC)c(OC)cc12)OCO3. The Hall–Kier alpha value is -3.74. The first-order valence-corrected chi connectivity index (χ1v) is 10.5. The number of pyridine rings is 2. The van der Waals surface area contributed by atoms with Gasteiger partial charge in [0.15, 0.2) is 23.0 Å². The Morgan fingerprint density at radius 1 is 1.00 bits per heavy atom. The zero-order chi connectivity index (χ0) is 22.4. The molecule has 2 aromatic carbocycles. The average Bonchev–Trinajstić information content (AvgIpc) is 3.26. The first-order valence-electron chi connectivity index (χ1n) is 10.5. The summed E-state index contributed by atoms with van der Waals surface area (Å²) in [5, 5.41) is 2.72. The van der Waals surface area contributed by atoms with Gasteiger partial charge in [-0.05, 0) is 48.6 Å². The third-order valence-corrected chi connectivity index (χ3v) is 6.01. The van der Waals surface area contributed by atoms with E-state index in [1.54, 1.807) is 14.2 Å². The van der Waals surface area contributed by atoms with E-state index in [1.807, 2.05) is 31.2 Å². The lowest BCUT2D eigenvalue weighted by atomic mass is 9.96. The first kappa shape index (κ1) is 20.2. The molecule has 1 N–H and O–H groups in total. The Morgan fingerprint density at radius 3 is 2.38 bits per heavy atom. The van der Waals surface area contributed by atoms with Crippen molar-refractivity contribution in [2.24, 2.45) is 0 Å². The molecule has 164 valence electrons. The van der Waals surface area contributed by atoms with E-state index in [4.69, 9.17) is 23.9 Å². The van der Waals surface area contributed by atoms with E-state index in [9.17, 15) is 4.79 Å². The summed E-state index contributed by atoms with van der Waals surface area (Å²) < 4.78 is 22.0. The van der Waals surface area contributed by atoms with Gasteiger partial charge >= 0.3 is 0 Å². The summed E-state index contributed by atoms with van der Waals surface area (Å²) in [6.07, 6.45) is 1.20. The fourth-order valence-corrected chi connectivity index (χ4v) is 4.35. The third kappa shape index (κ3) is 3.21. The van der Waals surface area contributed by atoms with Gasteiger partial charge in [-0.1, -0.05) is 6.92 Å². The van der Waals surface area contributed by atoms with Crippen molar-refractivity contribution in [1.82, 2.24) is 9.97 Å². The highest BCUT2D eigenvalue weighted by molar-refractivity contribution is 5.91. The molecule has 2 aromatic heterocycles. The second-order valence-corrected chi connectivity index (χ2v) is 7.83. The highest BCUT2D eigenvalue weighted by Crippen LogP contribution is 2.37. The molecule has 5 rings (SSSR count). The minimum atomic E-state index is -0.116. The van der Waals surface area contributed by atoms with Gasteiger partial charge in [-0.3, -0.25) is 9.78 Å². The van der Waals surface area contributed by atoms with Gasteiger partial charge in [0.1, 0.15) is 0 Å². The van der Waals surface area contributed by atoms with Crippen LogP contribution in [0.4, 0.5) is 0 Å². The quantitative estimate of drug-likeness (QED) is 0.507. The fourth-order valence-electron chi connectivity index (χ4n) is 4.35. The predicted molar refractivity (Wildman–Crippen MR) is 122 cm³/mol. The second kappa shape index (κ2) is 7.75. The van der Waals surface area contributed by atoms with Crippen LogP contribution in [0.1, 0.15) is 29.4 Å². The molecule has 0 fully saturated rings. The number of H-pyrrole nitrogens is 1. The van der Waals surface area contributed by atoms with E-state index < -0.39 is 0 Å². The summed E-state index contributed by atoms with van der Waals surface area (Å²) in [6, 6.07) is 9.73. The molecule has 7 nitrogen and oxygen atoms in total. The molecule has 0 bridgehead atoms. The highest BCUT2D eigenvalue weighted by atomic mass is 16.7. The number of ether oxygens (including phenoxy) is 4. The Bertz CT molecular complexity index is 1420. The molecule has 0 spiro atoms. The van der Waals surface area contributed by atoms with E-state index in [0.29, 0.717) is 35.0 Å². The predicted octanol–water partition coefficient (Wildman–Crippen LogP) is 4.28. The minimum Gasteiger partial charge on any atom is -0.493 e. The van der Waals surface area contributed by atoms with E-state index in [1.165, 1.54) is 0 Å². The summed E-state index contributed by atoms with van der Waals surface area (Å²) in [5.41, 5.74) is 4.14.